The van der Waals surface area contributed by atoms with Crippen LogP contribution in [0.3, 0.4) is 0 Å². The molecule has 31 heavy (non-hydrogen) atoms. The lowest BCUT2D eigenvalue weighted by Gasteiger charge is -2.12. The number of guanidine groups is 1. The lowest BCUT2D eigenvalue weighted by Crippen LogP contribution is -2.42. The molecule has 0 saturated heterocycles. The summed E-state index contributed by atoms with van der Waals surface area (Å²) in [6.07, 6.45) is -0.910. The summed E-state index contributed by atoms with van der Waals surface area (Å²) in [5.41, 5.74) is 11.8. The minimum Gasteiger partial charge on any atom is -0.481 e. The van der Waals surface area contributed by atoms with E-state index in [1.165, 1.54) is 36.4 Å². The second-order valence-electron chi connectivity index (χ2n) is 6.35. The average molecular weight is 428 g/mol. The highest BCUT2D eigenvalue weighted by Gasteiger charge is 2.23. The Balaban J connectivity index is 1.94. The summed E-state index contributed by atoms with van der Waals surface area (Å²) in [5, 5.41) is 19.8. The Morgan fingerprint density at radius 2 is 1.58 bits per heavy atom. The van der Waals surface area contributed by atoms with Crippen LogP contribution in [-0.2, 0) is 20.8 Å². The molecule has 0 unspecified atom stereocenters. The molecule has 0 radical (unpaired) electrons. The van der Waals surface area contributed by atoms with Crippen molar-refractivity contribution in [2.45, 2.75) is 18.9 Å². The van der Waals surface area contributed by atoms with E-state index < -0.39 is 36.3 Å². The minimum absolute atomic E-state index is 0.107. The molecule has 1 atom stereocenters. The van der Waals surface area contributed by atoms with Crippen LogP contribution >= 0.6 is 0 Å². The molecule has 11 heteroatoms. The number of carboxylic acids is 2. The molecular weight excluding hydrogens is 408 g/mol. The molecule has 2 rings (SSSR count). The summed E-state index contributed by atoms with van der Waals surface area (Å²) in [5.74, 6) is -3.92. The molecule has 0 aliphatic carbocycles. The highest BCUT2D eigenvalue weighted by molar-refractivity contribution is 5.91. The predicted octanol–water partition coefficient (Wildman–Crippen LogP) is 0.397. The molecule has 0 bridgehead atoms. The average Bonchev–Trinajstić information content (AvgIpc) is 2.68. The maximum absolute atomic E-state index is 12.2. The van der Waals surface area contributed by atoms with Crippen molar-refractivity contribution in [1.82, 2.24) is 5.32 Å². The lowest BCUT2D eigenvalue weighted by molar-refractivity contribution is -0.147. The molecule has 2 aromatic carbocycles. The topological polar surface area (TPSA) is 194 Å². The number of esters is 1. The first-order valence-corrected chi connectivity index (χ1v) is 8.89. The van der Waals surface area contributed by atoms with Crippen LogP contribution in [0.25, 0.3) is 0 Å². The second-order valence-corrected chi connectivity index (χ2v) is 6.35. The number of carbonyl (C=O) groups excluding carboxylic acids is 2. The van der Waals surface area contributed by atoms with Crippen molar-refractivity contribution < 1.29 is 34.1 Å². The number of aliphatic carboxylic acids is 2. The molecule has 0 fully saturated rings. The molecule has 0 saturated carbocycles. The van der Waals surface area contributed by atoms with Gasteiger partial charge in [0.2, 0.25) is 5.91 Å². The Bertz CT molecular complexity index is 997. The van der Waals surface area contributed by atoms with Crippen molar-refractivity contribution in [3.05, 3.63) is 59.7 Å². The number of benzene rings is 2. The lowest BCUT2D eigenvalue weighted by atomic mass is 10.1. The largest absolute Gasteiger partial charge is 0.481 e. The van der Waals surface area contributed by atoms with E-state index in [9.17, 15) is 19.2 Å². The Hall–Kier alpha value is -4.41. The fourth-order valence-corrected chi connectivity index (χ4v) is 2.47. The van der Waals surface area contributed by atoms with E-state index >= 15 is 0 Å². The highest BCUT2D eigenvalue weighted by Crippen LogP contribution is 2.17. The van der Waals surface area contributed by atoms with Crippen LogP contribution in [0.15, 0.2) is 53.5 Å². The van der Waals surface area contributed by atoms with Crippen LogP contribution in [0.4, 0.5) is 5.69 Å². The van der Waals surface area contributed by atoms with Crippen LogP contribution in [0, 0.1) is 0 Å². The van der Waals surface area contributed by atoms with E-state index in [0.29, 0.717) is 11.3 Å². The van der Waals surface area contributed by atoms with Crippen molar-refractivity contribution in [2.24, 2.45) is 16.5 Å². The predicted molar refractivity (Wildman–Crippen MR) is 109 cm³/mol. The first-order chi connectivity index (χ1) is 14.6. The number of nitrogens with zero attached hydrogens (tertiary/aromatic N) is 1. The highest BCUT2D eigenvalue weighted by atomic mass is 16.5. The number of ether oxygens (including phenoxy) is 1. The molecule has 11 nitrogen and oxygen atoms in total. The number of amides is 1. The molecule has 0 heterocycles. The standard InChI is InChI=1S/C20H20N4O7/c21-20(22)23-13-5-3-12(4-6-13)19(30)31-14-7-1-11(2-8-14)9-16(25)24-15(18(28)29)10-17(26)27/h1-8,15H,9-10H2,(H,24,25)(H,26,27)(H,28,29)(H4,21,22,23)/t15-/m0/s1. The van der Waals surface area contributed by atoms with Gasteiger partial charge in [-0.15, -0.1) is 0 Å². The Morgan fingerprint density at radius 3 is 2.10 bits per heavy atom. The van der Waals surface area contributed by atoms with E-state index in [-0.39, 0.29) is 23.7 Å². The van der Waals surface area contributed by atoms with Gasteiger partial charge in [-0.05, 0) is 42.0 Å². The summed E-state index contributed by atoms with van der Waals surface area (Å²) in [7, 11) is 0. The molecule has 0 aliphatic heterocycles. The fourth-order valence-electron chi connectivity index (χ4n) is 2.47. The molecule has 0 spiro atoms. The van der Waals surface area contributed by atoms with Crippen LogP contribution in [0.5, 0.6) is 5.75 Å². The van der Waals surface area contributed by atoms with E-state index in [2.05, 4.69) is 10.3 Å². The summed E-state index contributed by atoms with van der Waals surface area (Å²) >= 11 is 0. The zero-order chi connectivity index (χ0) is 23.0. The Labute approximate surface area is 176 Å². The van der Waals surface area contributed by atoms with Gasteiger partial charge in [0.05, 0.1) is 24.1 Å². The number of rotatable bonds is 9. The maximum atomic E-state index is 12.2. The zero-order valence-corrected chi connectivity index (χ0v) is 16.1. The van der Waals surface area contributed by atoms with E-state index in [1.54, 1.807) is 12.1 Å². The second kappa shape index (κ2) is 10.4. The third-order valence-corrected chi connectivity index (χ3v) is 3.87. The van der Waals surface area contributed by atoms with Crippen molar-refractivity contribution in [1.29, 1.82) is 0 Å². The number of hydrogen-bond donors (Lipinski definition) is 5. The molecule has 7 N–H and O–H groups in total. The van der Waals surface area contributed by atoms with Crippen molar-refractivity contribution in [3.8, 4) is 5.75 Å². The van der Waals surface area contributed by atoms with Crippen LogP contribution in [0.2, 0.25) is 0 Å². The number of nitrogens with one attached hydrogen (secondary N) is 1. The van der Waals surface area contributed by atoms with Gasteiger partial charge in [-0.1, -0.05) is 12.1 Å². The van der Waals surface area contributed by atoms with Crippen molar-refractivity contribution >= 4 is 35.5 Å². The number of aliphatic imine (C=N–C) groups is 1. The molecule has 1 amide bonds. The summed E-state index contributed by atoms with van der Waals surface area (Å²) in [4.78, 5) is 49.7. The molecule has 2 aromatic rings. The van der Waals surface area contributed by atoms with E-state index in [1.807, 2.05) is 0 Å². The van der Waals surface area contributed by atoms with Gasteiger partial charge in [-0.3, -0.25) is 9.59 Å². The normalized spacial score (nSPS) is 11.1. The molecular formula is C20H20N4O7. The third kappa shape index (κ3) is 7.49. The first kappa shape index (κ1) is 22.9. The quantitative estimate of drug-likeness (QED) is 0.162. The maximum Gasteiger partial charge on any atom is 0.343 e. The van der Waals surface area contributed by atoms with Gasteiger partial charge in [0, 0.05) is 0 Å². The van der Waals surface area contributed by atoms with E-state index in [4.69, 9.17) is 26.4 Å². The first-order valence-electron chi connectivity index (χ1n) is 8.89. The summed E-state index contributed by atoms with van der Waals surface area (Å²) in [6, 6.07) is 10.6. The van der Waals surface area contributed by atoms with Gasteiger partial charge < -0.3 is 31.7 Å². The van der Waals surface area contributed by atoms with Gasteiger partial charge in [0.1, 0.15) is 11.8 Å². The number of carbonyl (C=O) groups is 4. The fraction of sp³-hybridized carbons (Fsp3) is 0.150. The molecule has 162 valence electrons. The summed E-state index contributed by atoms with van der Waals surface area (Å²) < 4.78 is 5.25. The SMILES string of the molecule is NC(N)=Nc1ccc(C(=O)Oc2ccc(CC(=O)N[C@@H](CC(=O)O)C(=O)O)cc2)cc1. The number of carboxylic acid groups (broad SMARTS) is 2. The van der Waals surface area contributed by atoms with Gasteiger partial charge in [-0.25, -0.2) is 14.6 Å². The van der Waals surface area contributed by atoms with Gasteiger partial charge in [-0.2, -0.15) is 0 Å². The van der Waals surface area contributed by atoms with Crippen LogP contribution in [-0.4, -0.2) is 46.0 Å². The third-order valence-electron chi connectivity index (χ3n) is 3.87. The number of hydrogen-bond acceptors (Lipinski definition) is 6. The van der Waals surface area contributed by atoms with E-state index in [0.717, 1.165) is 0 Å². The number of nitrogens with two attached hydrogens (primary N) is 2. The summed E-state index contributed by atoms with van der Waals surface area (Å²) in [6.45, 7) is 0. The smallest absolute Gasteiger partial charge is 0.343 e. The molecule has 0 aliphatic rings. The van der Waals surface area contributed by atoms with Crippen molar-refractivity contribution in [2.75, 3.05) is 0 Å². The zero-order valence-electron chi connectivity index (χ0n) is 16.1. The van der Waals surface area contributed by atoms with Gasteiger partial charge >= 0.3 is 17.9 Å². The van der Waals surface area contributed by atoms with Gasteiger partial charge in [0.15, 0.2) is 5.96 Å². The monoisotopic (exact) mass is 428 g/mol. The Kier molecular flexibility index (Phi) is 7.67. The molecule has 0 aromatic heterocycles. The van der Waals surface area contributed by atoms with Crippen molar-refractivity contribution in [3.63, 3.8) is 0 Å². The van der Waals surface area contributed by atoms with Gasteiger partial charge in [0.25, 0.3) is 0 Å². The van der Waals surface area contributed by atoms with Crippen LogP contribution < -0.4 is 21.5 Å². The van der Waals surface area contributed by atoms with Crippen LogP contribution in [0.1, 0.15) is 22.3 Å². The minimum atomic E-state index is -1.52. The Morgan fingerprint density at radius 1 is 0.968 bits per heavy atom.